The van der Waals surface area contributed by atoms with Gasteiger partial charge in [-0.1, -0.05) is 32.9 Å². The van der Waals surface area contributed by atoms with E-state index in [1.807, 2.05) is 0 Å². The SMILES string of the molecule is CC(O)c1ccc(S(=O)(=O)N2C[C@]3(C)CC2CC(C)(C)C3)cc1. The molecule has 0 radical (unpaired) electrons. The van der Waals surface area contributed by atoms with Crippen molar-refractivity contribution in [3.05, 3.63) is 29.8 Å². The molecule has 1 saturated carbocycles. The average molecular weight is 337 g/mol. The fourth-order valence-electron chi connectivity index (χ4n) is 4.74. The van der Waals surface area contributed by atoms with Gasteiger partial charge in [0, 0.05) is 12.6 Å². The van der Waals surface area contributed by atoms with Crippen molar-refractivity contribution >= 4 is 10.0 Å². The molecule has 1 N–H and O–H groups in total. The summed E-state index contributed by atoms with van der Waals surface area (Å²) in [4.78, 5) is 0.329. The van der Waals surface area contributed by atoms with Gasteiger partial charge in [-0.2, -0.15) is 4.31 Å². The largest absolute Gasteiger partial charge is 0.389 e. The van der Waals surface area contributed by atoms with Crippen LogP contribution in [-0.2, 0) is 10.0 Å². The summed E-state index contributed by atoms with van der Waals surface area (Å²) in [5.41, 5.74) is 1.01. The molecule has 1 aliphatic carbocycles. The smallest absolute Gasteiger partial charge is 0.243 e. The average Bonchev–Trinajstić information content (AvgIpc) is 2.68. The molecule has 1 heterocycles. The molecule has 3 atom stereocenters. The van der Waals surface area contributed by atoms with Crippen LogP contribution < -0.4 is 0 Å². The fourth-order valence-corrected chi connectivity index (χ4v) is 6.52. The summed E-state index contributed by atoms with van der Waals surface area (Å²) in [6, 6.07) is 6.74. The molecule has 0 aromatic heterocycles. The Morgan fingerprint density at radius 1 is 1.17 bits per heavy atom. The Hall–Kier alpha value is -0.910. The third-order valence-electron chi connectivity index (χ3n) is 5.34. The molecule has 128 valence electrons. The normalized spacial score (nSPS) is 32.0. The topological polar surface area (TPSA) is 57.6 Å². The van der Waals surface area contributed by atoms with E-state index < -0.39 is 16.1 Å². The predicted octanol–water partition coefficient (Wildman–Crippen LogP) is 3.33. The molecule has 0 amide bonds. The van der Waals surface area contributed by atoms with Gasteiger partial charge in [0.25, 0.3) is 0 Å². The Kier molecular flexibility index (Phi) is 3.90. The van der Waals surface area contributed by atoms with Crippen LogP contribution in [0.4, 0.5) is 0 Å². The molecule has 2 unspecified atom stereocenters. The first-order valence-electron chi connectivity index (χ1n) is 8.32. The third kappa shape index (κ3) is 3.06. The maximum atomic E-state index is 13.1. The number of benzene rings is 1. The van der Waals surface area contributed by atoms with Crippen LogP contribution >= 0.6 is 0 Å². The number of fused-ring (bicyclic) bond motifs is 2. The van der Waals surface area contributed by atoms with Crippen molar-refractivity contribution in [1.82, 2.24) is 4.31 Å². The summed E-state index contributed by atoms with van der Waals surface area (Å²) < 4.78 is 27.9. The molecule has 0 spiro atoms. The van der Waals surface area contributed by atoms with E-state index in [-0.39, 0.29) is 16.9 Å². The number of aliphatic hydroxyl groups is 1. The molecular weight excluding hydrogens is 310 g/mol. The lowest BCUT2D eigenvalue weighted by molar-refractivity contribution is 0.133. The quantitative estimate of drug-likeness (QED) is 0.920. The molecule has 2 fully saturated rings. The van der Waals surface area contributed by atoms with Gasteiger partial charge in [-0.25, -0.2) is 8.42 Å². The molecule has 3 rings (SSSR count). The van der Waals surface area contributed by atoms with Gasteiger partial charge in [-0.05, 0) is 54.7 Å². The van der Waals surface area contributed by atoms with Crippen LogP contribution in [0, 0.1) is 10.8 Å². The lowest BCUT2D eigenvalue weighted by Crippen LogP contribution is -2.37. The fraction of sp³-hybridized carbons (Fsp3) is 0.667. The van der Waals surface area contributed by atoms with E-state index in [4.69, 9.17) is 0 Å². The number of nitrogens with zero attached hydrogens (tertiary/aromatic N) is 1. The van der Waals surface area contributed by atoms with Crippen LogP contribution in [0.3, 0.4) is 0 Å². The maximum Gasteiger partial charge on any atom is 0.243 e. The van der Waals surface area contributed by atoms with Crippen molar-refractivity contribution < 1.29 is 13.5 Å². The second kappa shape index (κ2) is 5.30. The van der Waals surface area contributed by atoms with E-state index in [0.717, 1.165) is 24.8 Å². The number of hydrogen-bond donors (Lipinski definition) is 1. The van der Waals surface area contributed by atoms with E-state index in [1.165, 1.54) is 0 Å². The summed E-state index contributed by atoms with van der Waals surface area (Å²) in [5.74, 6) is 0. The van der Waals surface area contributed by atoms with E-state index in [1.54, 1.807) is 35.5 Å². The molecule has 23 heavy (non-hydrogen) atoms. The minimum Gasteiger partial charge on any atom is -0.389 e. The Labute approximate surface area is 139 Å². The van der Waals surface area contributed by atoms with Crippen LogP contribution in [0.2, 0.25) is 0 Å². The lowest BCUT2D eigenvalue weighted by Gasteiger charge is -2.39. The summed E-state index contributed by atoms with van der Waals surface area (Å²) in [5, 5.41) is 9.58. The number of sulfonamides is 1. The zero-order chi connectivity index (χ0) is 17.0. The first-order chi connectivity index (χ1) is 10.5. The highest BCUT2D eigenvalue weighted by molar-refractivity contribution is 7.89. The van der Waals surface area contributed by atoms with Gasteiger partial charge in [0.15, 0.2) is 0 Å². The van der Waals surface area contributed by atoms with Gasteiger partial charge >= 0.3 is 0 Å². The van der Waals surface area contributed by atoms with Crippen LogP contribution in [0.1, 0.15) is 58.6 Å². The van der Waals surface area contributed by atoms with E-state index in [0.29, 0.717) is 11.4 Å². The van der Waals surface area contributed by atoms with Crippen molar-refractivity contribution in [3.8, 4) is 0 Å². The molecular formula is C18H27NO3S. The Bertz CT molecular complexity index is 693. The Morgan fingerprint density at radius 3 is 2.35 bits per heavy atom. The predicted molar refractivity (Wildman–Crippen MR) is 90.5 cm³/mol. The molecule has 1 aliphatic heterocycles. The first-order valence-corrected chi connectivity index (χ1v) is 9.76. The molecule has 1 aromatic rings. The molecule has 1 saturated heterocycles. The van der Waals surface area contributed by atoms with Gasteiger partial charge in [0.2, 0.25) is 10.0 Å². The zero-order valence-corrected chi connectivity index (χ0v) is 15.2. The summed E-state index contributed by atoms with van der Waals surface area (Å²) in [6.07, 6.45) is 2.37. The van der Waals surface area contributed by atoms with Crippen LogP contribution in [-0.4, -0.2) is 30.4 Å². The number of aliphatic hydroxyl groups excluding tert-OH is 1. The Balaban J connectivity index is 1.92. The summed E-state index contributed by atoms with van der Waals surface area (Å²) in [7, 11) is -3.47. The second-order valence-electron chi connectivity index (χ2n) is 8.51. The lowest BCUT2D eigenvalue weighted by atomic mass is 9.65. The highest BCUT2D eigenvalue weighted by Gasteiger charge is 2.53. The maximum absolute atomic E-state index is 13.1. The van der Waals surface area contributed by atoms with Crippen LogP contribution in [0.25, 0.3) is 0 Å². The standard InChI is InChI=1S/C18H27NO3S/c1-13(20)14-5-7-16(8-6-14)23(21,22)19-12-18(4)10-15(19)9-17(2,3)11-18/h5-8,13,15,20H,9-12H2,1-4H3/t13?,15?,18-/m1/s1. The molecule has 1 aromatic carbocycles. The number of hydrogen-bond acceptors (Lipinski definition) is 3. The van der Waals surface area contributed by atoms with Crippen molar-refractivity contribution in [3.63, 3.8) is 0 Å². The van der Waals surface area contributed by atoms with E-state index in [9.17, 15) is 13.5 Å². The molecule has 5 heteroatoms. The monoisotopic (exact) mass is 337 g/mol. The van der Waals surface area contributed by atoms with E-state index in [2.05, 4.69) is 20.8 Å². The minimum absolute atomic E-state index is 0.0824. The first kappa shape index (κ1) is 16.9. The van der Waals surface area contributed by atoms with Gasteiger partial charge < -0.3 is 5.11 Å². The van der Waals surface area contributed by atoms with Gasteiger partial charge in [0.1, 0.15) is 0 Å². The highest BCUT2D eigenvalue weighted by Crippen LogP contribution is 2.53. The van der Waals surface area contributed by atoms with Crippen LogP contribution in [0.5, 0.6) is 0 Å². The van der Waals surface area contributed by atoms with Gasteiger partial charge in [-0.15, -0.1) is 0 Å². The third-order valence-corrected chi connectivity index (χ3v) is 7.25. The Morgan fingerprint density at radius 2 is 1.78 bits per heavy atom. The van der Waals surface area contributed by atoms with Crippen molar-refractivity contribution in [2.75, 3.05) is 6.54 Å². The van der Waals surface area contributed by atoms with Gasteiger partial charge in [0.05, 0.1) is 11.0 Å². The van der Waals surface area contributed by atoms with Crippen molar-refractivity contribution in [1.29, 1.82) is 0 Å². The molecule has 2 aliphatic rings. The minimum atomic E-state index is -3.47. The summed E-state index contributed by atoms with van der Waals surface area (Å²) in [6.45, 7) is 8.99. The van der Waals surface area contributed by atoms with Gasteiger partial charge in [-0.3, -0.25) is 0 Å². The highest BCUT2D eigenvalue weighted by atomic mass is 32.2. The number of rotatable bonds is 3. The summed E-state index contributed by atoms with van der Waals surface area (Å²) >= 11 is 0. The molecule has 2 bridgehead atoms. The zero-order valence-electron chi connectivity index (χ0n) is 14.4. The molecule has 4 nitrogen and oxygen atoms in total. The van der Waals surface area contributed by atoms with Crippen molar-refractivity contribution in [2.24, 2.45) is 10.8 Å². The van der Waals surface area contributed by atoms with Crippen LogP contribution in [0.15, 0.2) is 29.2 Å². The van der Waals surface area contributed by atoms with E-state index >= 15 is 0 Å². The second-order valence-corrected chi connectivity index (χ2v) is 10.4. The van der Waals surface area contributed by atoms with Crippen molar-refractivity contribution in [2.45, 2.75) is 64.0 Å².